The molecule has 0 atom stereocenters. The molecule has 0 aliphatic carbocycles. The number of benzene rings is 2. The van der Waals surface area contributed by atoms with Crippen LogP contribution in [0.2, 0.25) is 0 Å². The van der Waals surface area contributed by atoms with E-state index in [1.165, 1.54) is 11.1 Å². The molecule has 0 amide bonds. The number of ether oxygens (including phenoxy) is 2. The molecule has 0 spiro atoms. The van der Waals surface area contributed by atoms with Gasteiger partial charge in [-0.2, -0.15) is 0 Å². The van der Waals surface area contributed by atoms with Gasteiger partial charge >= 0.3 is 0 Å². The summed E-state index contributed by atoms with van der Waals surface area (Å²) >= 11 is 0. The molecule has 0 heterocycles. The molecule has 27 heavy (non-hydrogen) atoms. The summed E-state index contributed by atoms with van der Waals surface area (Å²) in [6.07, 6.45) is 0.869. The van der Waals surface area contributed by atoms with Crippen LogP contribution in [-0.4, -0.2) is 33.3 Å². The molecular formula is C21H30IN3O2. The highest BCUT2D eigenvalue weighted by atomic mass is 127. The lowest BCUT2D eigenvalue weighted by atomic mass is 10.1. The summed E-state index contributed by atoms with van der Waals surface area (Å²) in [7, 11) is 3.38. The normalized spacial score (nSPS) is 10.7. The highest BCUT2D eigenvalue weighted by molar-refractivity contribution is 14.0. The number of hydrogen-bond donors (Lipinski definition) is 2. The molecule has 0 fully saturated rings. The van der Waals surface area contributed by atoms with Gasteiger partial charge in [-0.1, -0.05) is 29.8 Å². The fourth-order valence-electron chi connectivity index (χ4n) is 2.70. The van der Waals surface area contributed by atoms with E-state index in [1.54, 1.807) is 14.2 Å². The van der Waals surface area contributed by atoms with E-state index in [2.05, 4.69) is 41.6 Å². The van der Waals surface area contributed by atoms with Crippen LogP contribution in [-0.2, 0) is 13.0 Å². The summed E-state index contributed by atoms with van der Waals surface area (Å²) in [4.78, 5) is 4.66. The van der Waals surface area contributed by atoms with Gasteiger partial charge in [0.2, 0.25) is 0 Å². The summed E-state index contributed by atoms with van der Waals surface area (Å²) in [5.74, 6) is 2.58. The molecule has 6 heteroatoms. The van der Waals surface area contributed by atoms with Gasteiger partial charge in [0.1, 0.15) is 11.5 Å². The molecule has 2 N–H and O–H groups in total. The molecule has 2 rings (SSSR count). The van der Waals surface area contributed by atoms with Crippen molar-refractivity contribution < 1.29 is 9.47 Å². The average Bonchev–Trinajstić information content (AvgIpc) is 2.66. The van der Waals surface area contributed by atoms with E-state index in [4.69, 9.17) is 9.47 Å². The van der Waals surface area contributed by atoms with Crippen LogP contribution in [0.5, 0.6) is 11.5 Å². The quantitative estimate of drug-likeness (QED) is 0.340. The zero-order chi connectivity index (χ0) is 18.8. The Morgan fingerprint density at radius 2 is 1.85 bits per heavy atom. The Morgan fingerprint density at radius 1 is 1.04 bits per heavy atom. The maximum Gasteiger partial charge on any atom is 0.191 e. The zero-order valence-electron chi connectivity index (χ0n) is 16.5. The first-order valence-electron chi connectivity index (χ1n) is 8.95. The molecule has 5 nitrogen and oxygen atoms in total. The highest BCUT2D eigenvalue weighted by Gasteiger charge is 2.04. The van der Waals surface area contributed by atoms with Crippen molar-refractivity contribution in [2.75, 3.05) is 27.3 Å². The van der Waals surface area contributed by atoms with E-state index in [0.717, 1.165) is 42.5 Å². The van der Waals surface area contributed by atoms with Gasteiger partial charge in [-0.15, -0.1) is 24.0 Å². The van der Waals surface area contributed by atoms with Crippen molar-refractivity contribution in [1.29, 1.82) is 0 Å². The highest BCUT2D eigenvalue weighted by Crippen LogP contribution is 2.19. The summed E-state index contributed by atoms with van der Waals surface area (Å²) in [6.45, 7) is 6.35. The van der Waals surface area contributed by atoms with Crippen molar-refractivity contribution in [3.63, 3.8) is 0 Å². The van der Waals surface area contributed by atoms with Crippen LogP contribution in [0.3, 0.4) is 0 Å². The van der Waals surface area contributed by atoms with Crippen LogP contribution in [0, 0.1) is 6.92 Å². The number of nitrogens with one attached hydrogen (secondary N) is 2. The lowest BCUT2D eigenvalue weighted by molar-refractivity contribution is 0.409. The Kier molecular flexibility index (Phi) is 10.6. The van der Waals surface area contributed by atoms with Gasteiger partial charge in [-0.3, -0.25) is 0 Å². The van der Waals surface area contributed by atoms with Gasteiger partial charge in [-0.25, -0.2) is 4.99 Å². The lowest BCUT2D eigenvalue weighted by Crippen LogP contribution is -2.38. The number of aliphatic imine (C=N–C) groups is 1. The van der Waals surface area contributed by atoms with Gasteiger partial charge in [0.05, 0.1) is 20.8 Å². The fourth-order valence-corrected chi connectivity index (χ4v) is 2.70. The van der Waals surface area contributed by atoms with E-state index in [-0.39, 0.29) is 24.0 Å². The lowest BCUT2D eigenvalue weighted by Gasteiger charge is -2.13. The third-order valence-electron chi connectivity index (χ3n) is 4.02. The summed E-state index contributed by atoms with van der Waals surface area (Å²) < 4.78 is 10.7. The second-order valence-electron chi connectivity index (χ2n) is 6.04. The minimum Gasteiger partial charge on any atom is -0.497 e. The monoisotopic (exact) mass is 483 g/mol. The number of methoxy groups -OCH3 is 2. The topological polar surface area (TPSA) is 54.9 Å². The third-order valence-corrected chi connectivity index (χ3v) is 4.02. The Hall–Kier alpha value is -1.96. The van der Waals surface area contributed by atoms with E-state index < -0.39 is 0 Å². The first kappa shape index (κ1) is 23.1. The molecule has 0 saturated heterocycles. The van der Waals surface area contributed by atoms with Gasteiger partial charge in [0.15, 0.2) is 5.96 Å². The maximum absolute atomic E-state index is 5.45. The summed E-state index contributed by atoms with van der Waals surface area (Å²) in [5.41, 5.74) is 3.55. The standard InChI is InChI=1S/C21H29N3O2.HI/c1-5-22-21(24-15-17-7-6-8-19(14-17)25-3)23-12-11-18-13-16(2)9-10-20(18)26-4;/h6-10,13-14H,5,11-12,15H2,1-4H3,(H2,22,23,24);1H. The average molecular weight is 483 g/mol. The van der Waals surface area contributed by atoms with Crippen LogP contribution >= 0.6 is 24.0 Å². The molecule has 2 aromatic rings. The molecule has 0 aromatic heterocycles. The molecule has 0 unspecified atom stereocenters. The Labute approximate surface area is 179 Å². The van der Waals surface area contributed by atoms with Crippen LogP contribution in [0.25, 0.3) is 0 Å². The van der Waals surface area contributed by atoms with Gasteiger partial charge in [-0.05, 0) is 49.6 Å². The predicted octanol–water partition coefficient (Wildman–Crippen LogP) is 3.93. The first-order chi connectivity index (χ1) is 12.7. The molecular weight excluding hydrogens is 453 g/mol. The number of guanidine groups is 1. The van der Waals surface area contributed by atoms with Crippen LogP contribution < -0.4 is 20.1 Å². The molecule has 0 bridgehead atoms. The molecule has 148 valence electrons. The number of rotatable bonds is 8. The van der Waals surface area contributed by atoms with Crippen molar-refractivity contribution in [3.8, 4) is 11.5 Å². The van der Waals surface area contributed by atoms with Crippen molar-refractivity contribution >= 4 is 29.9 Å². The Bertz CT molecular complexity index is 735. The smallest absolute Gasteiger partial charge is 0.191 e. The van der Waals surface area contributed by atoms with Crippen molar-refractivity contribution in [2.45, 2.75) is 26.8 Å². The number of hydrogen-bond acceptors (Lipinski definition) is 3. The third kappa shape index (κ3) is 7.66. The molecule has 2 aromatic carbocycles. The molecule has 0 aliphatic rings. The van der Waals surface area contributed by atoms with Gasteiger partial charge in [0, 0.05) is 13.1 Å². The SMILES string of the molecule is CCNC(=NCc1cccc(OC)c1)NCCc1cc(C)ccc1OC.I. The van der Waals surface area contributed by atoms with Crippen LogP contribution in [0.1, 0.15) is 23.6 Å². The summed E-state index contributed by atoms with van der Waals surface area (Å²) in [5, 5.41) is 6.67. The molecule has 0 saturated carbocycles. The Balaban J connectivity index is 0.00000364. The minimum absolute atomic E-state index is 0. The van der Waals surface area contributed by atoms with E-state index in [9.17, 15) is 0 Å². The van der Waals surface area contributed by atoms with E-state index in [1.807, 2.05) is 30.3 Å². The number of halogens is 1. The largest absolute Gasteiger partial charge is 0.497 e. The van der Waals surface area contributed by atoms with Crippen molar-refractivity contribution in [2.24, 2.45) is 4.99 Å². The van der Waals surface area contributed by atoms with E-state index >= 15 is 0 Å². The van der Waals surface area contributed by atoms with E-state index in [0.29, 0.717) is 6.54 Å². The maximum atomic E-state index is 5.45. The fraction of sp³-hybridized carbons (Fsp3) is 0.381. The summed E-state index contributed by atoms with van der Waals surface area (Å²) in [6, 6.07) is 14.2. The molecule has 0 aliphatic heterocycles. The van der Waals surface area contributed by atoms with Crippen LogP contribution in [0.15, 0.2) is 47.5 Å². The molecule has 0 radical (unpaired) electrons. The number of aryl methyl sites for hydroxylation is 1. The minimum atomic E-state index is 0. The second-order valence-corrected chi connectivity index (χ2v) is 6.04. The van der Waals surface area contributed by atoms with Crippen molar-refractivity contribution in [1.82, 2.24) is 10.6 Å². The van der Waals surface area contributed by atoms with Crippen LogP contribution in [0.4, 0.5) is 0 Å². The van der Waals surface area contributed by atoms with Gasteiger partial charge < -0.3 is 20.1 Å². The van der Waals surface area contributed by atoms with Crippen molar-refractivity contribution in [3.05, 3.63) is 59.2 Å². The Morgan fingerprint density at radius 3 is 2.56 bits per heavy atom. The zero-order valence-corrected chi connectivity index (χ0v) is 18.9. The first-order valence-corrected chi connectivity index (χ1v) is 8.95. The second kappa shape index (κ2) is 12.4. The predicted molar refractivity (Wildman–Crippen MR) is 123 cm³/mol. The van der Waals surface area contributed by atoms with Gasteiger partial charge in [0.25, 0.3) is 0 Å². The number of nitrogens with zero attached hydrogens (tertiary/aromatic N) is 1.